The van der Waals surface area contributed by atoms with Crippen molar-refractivity contribution in [2.24, 2.45) is 17.6 Å². The molecule has 0 radical (unpaired) electrons. The van der Waals surface area contributed by atoms with Gasteiger partial charge in [0.05, 0.1) is 5.92 Å². The second-order valence-corrected chi connectivity index (χ2v) is 4.88. The van der Waals surface area contributed by atoms with Crippen LogP contribution in [0.2, 0.25) is 0 Å². The van der Waals surface area contributed by atoms with Gasteiger partial charge in [-0.2, -0.15) is 0 Å². The second kappa shape index (κ2) is 5.50. The zero-order valence-corrected chi connectivity index (χ0v) is 10.2. The summed E-state index contributed by atoms with van der Waals surface area (Å²) in [4.78, 5) is 14.0. The van der Waals surface area contributed by atoms with E-state index >= 15 is 0 Å². The van der Waals surface area contributed by atoms with Gasteiger partial charge in [-0.25, -0.2) is 0 Å². The van der Waals surface area contributed by atoms with E-state index in [0.717, 1.165) is 19.0 Å². The lowest BCUT2D eigenvalue weighted by Gasteiger charge is -2.23. The van der Waals surface area contributed by atoms with Gasteiger partial charge in [0.15, 0.2) is 0 Å². The Bertz CT molecular complexity index is 216. The van der Waals surface area contributed by atoms with Crippen LogP contribution >= 0.6 is 0 Å². The molecule has 3 unspecified atom stereocenters. The molecule has 2 N–H and O–H groups in total. The summed E-state index contributed by atoms with van der Waals surface area (Å²) in [6.07, 6.45) is 3.64. The van der Waals surface area contributed by atoms with Crippen molar-refractivity contribution in [3.8, 4) is 0 Å². The number of carbonyl (C=O) groups is 1. The molecule has 1 saturated heterocycles. The van der Waals surface area contributed by atoms with Crippen molar-refractivity contribution in [3.63, 3.8) is 0 Å². The van der Waals surface area contributed by atoms with E-state index in [4.69, 9.17) is 5.73 Å². The topological polar surface area (TPSA) is 46.3 Å². The Morgan fingerprint density at radius 1 is 1.53 bits per heavy atom. The van der Waals surface area contributed by atoms with E-state index in [1.165, 1.54) is 19.3 Å². The zero-order chi connectivity index (χ0) is 11.4. The average molecular weight is 212 g/mol. The van der Waals surface area contributed by atoms with E-state index in [1.807, 2.05) is 18.7 Å². The molecule has 0 aromatic rings. The Kier molecular flexibility index (Phi) is 4.58. The minimum absolute atomic E-state index is 0.0367. The second-order valence-electron chi connectivity index (χ2n) is 4.88. The van der Waals surface area contributed by atoms with E-state index < -0.39 is 0 Å². The van der Waals surface area contributed by atoms with Gasteiger partial charge in [-0.3, -0.25) is 4.79 Å². The van der Waals surface area contributed by atoms with Gasteiger partial charge in [0.25, 0.3) is 0 Å². The molecule has 1 aliphatic heterocycles. The lowest BCUT2D eigenvalue weighted by molar-refractivity contribution is -0.134. The van der Waals surface area contributed by atoms with Gasteiger partial charge in [-0.1, -0.05) is 20.3 Å². The lowest BCUT2D eigenvalue weighted by Crippen LogP contribution is -2.40. The van der Waals surface area contributed by atoms with Gasteiger partial charge in [-0.05, 0) is 25.7 Å². The van der Waals surface area contributed by atoms with Crippen LogP contribution in [0, 0.1) is 11.8 Å². The summed E-state index contributed by atoms with van der Waals surface area (Å²) in [5.41, 5.74) is 5.75. The number of rotatable bonds is 4. The molecule has 1 aliphatic rings. The van der Waals surface area contributed by atoms with Crippen molar-refractivity contribution in [1.82, 2.24) is 4.90 Å². The maximum Gasteiger partial charge on any atom is 0.226 e. The van der Waals surface area contributed by atoms with Crippen molar-refractivity contribution >= 4 is 5.91 Å². The molecular weight excluding hydrogens is 188 g/mol. The third-order valence-corrected chi connectivity index (χ3v) is 3.47. The number of nitrogens with zero attached hydrogens (tertiary/aromatic N) is 1. The van der Waals surface area contributed by atoms with Gasteiger partial charge in [0.1, 0.15) is 0 Å². The maximum absolute atomic E-state index is 12.0. The van der Waals surface area contributed by atoms with Gasteiger partial charge in [-0.15, -0.1) is 0 Å². The van der Waals surface area contributed by atoms with Crippen molar-refractivity contribution in [1.29, 1.82) is 0 Å². The zero-order valence-electron chi connectivity index (χ0n) is 10.2. The van der Waals surface area contributed by atoms with Gasteiger partial charge < -0.3 is 10.6 Å². The van der Waals surface area contributed by atoms with Crippen molar-refractivity contribution in [3.05, 3.63) is 0 Å². The summed E-state index contributed by atoms with van der Waals surface area (Å²) in [5, 5.41) is 0. The molecule has 3 nitrogen and oxygen atoms in total. The first kappa shape index (κ1) is 12.5. The standard InChI is InChI=1S/C12H24N2O/c1-4-5-11-6-7-14(8-11)12(15)9(2)10(3)13/h9-11H,4-8,13H2,1-3H3. The van der Waals surface area contributed by atoms with Crippen LogP contribution in [0.4, 0.5) is 0 Å². The smallest absolute Gasteiger partial charge is 0.226 e. The summed E-state index contributed by atoms with van der Waals surface area (Å²) in [7, 11) is 0. The number of carbonyl (C=O) groups excluding carboxylic acids is 1. The normalized spacial score (nSPS) is 25.3. The molecule has 0 aromatic heterocycles. The summed E-state index contributed by atoms with van der Waals surface area (Å²) in [6.45, 7) is 7.92. The molecular formula is C12H24N2O. The monoisotopic (exact) mass is 212 g/mol. The van der Waals surface area contributed by atoms with Crippen LogP contribution in [-0.2, 0) is 4.79 Å². The highest BCUT2D eigenvalue weighted by Crippen LogP contribution is 2.22. The average Bonchev–Trinajstić information content (AvgIpc) is 2.64. The quantitative estimate of drug-likeness (QED) is 0.769. The van der Waals surface area contributed by atoms with E-state index in [0.29, 0.717) is 0 Å². The maximum atomic E-state index is 12.0. The minimum Gasteiger partial charge on any atom is -0.342 e. The summed E-state index contributed by atoms with van der Waals surface area (Å²) in [5.74, 6) is 0.924. The van der Waals surface area contributed by atoms with Crippen LogP contribution in [0.25, 0.3) is 0 Å². The van der Waals surface area contributed by atoms with Crippen LogP contribution < -0.4 is 5.73 Å². The molecule has 1 rings (SSSR count). The first-order valence-electron chi connectivity index (χ1n) is 6.10. The molecule has 1 heterocycles. The highest BCUT2D eigenvalue weighted by Gasteiger charge is 2.29. The van der Waals surface area contributed by atoms with Gasteiger partial charge in [0.2, 0.25) is 5.91 Å². The number of hydrogen-bond donors (Lipinski definition) is 1. The molecule has 3 heteroatoms. The number of hydrogen-bond acceptors (Lipinski definition) is 2. The molecule has 1 amide bonds. The highest BCUT2D eigenvalue weighted by molar-refractivity contribution is 5.79. The fraction of sp³-hybridized carbons (Fsp3) is 0.917. The molecule has 1 fully saturated rings. The fourth-order valence-electron chi connectivity index (χ4n) is 2.19. The summed E-state index contributed by atoms with van der Waals surface area (Å²) >= 11 is 0. The fourth-order valence-corrected chi connectivity index (χ4v) is 2.19. The molecule has 0 spiro atoms. The SMILES string of the molecule is CCCC1CCN(C(=O)C(C)C(C)N)C1. The Morgan fingerprint density at radius 3 is 2.73 bits per heavy atom. The Balaban J connectivity index is 2.43. The van der Waals surface area contributed by atoms with E-state index in [-0.39, 0.29) is 17.9 Å². The third-order valence-electron chi connectivity index (χ3n) is 3.47. The summed E-state index contributed by atoms with van der Waals surface area (Å²) in [6, 6.07) is -0.0391. The van der Waals surface area contributed by atoms with E-state index in [1.54, 1.807) is 0 Å². The van der Waals surface area contributed by atoms with Gasteiger partial charge >= 0.3 is 0 Å². The van der Waals surface area contributed by atoms with Crippen LogP contribution in [0.15, 0.2) is 0 Å². The largest absolute Gasteiger partial charge is 0.342 e. The Hall–Kier alpha value is -0.570. The predicted molar refractivity (Wildman–Crippen MR) is 62.4 cm³/mol. The van der Waals surface area contributed by atoms with E-state index in [2.05, 4.69) is 6.92 Å². The molecule has 0 aromatic carbocycles. The molecule has 88 valence electrons. The van der Waals surface area contributed by atoms with Crippen LogP contribution in [0.3, 0.4) is 0 Å². The third kappa shape index (κ3) is 3.20. The number of nitrogens with two attached hydrogens (primary N) is 1. The molecule has 15 heavy (non-hydrogen) atoms. The van der Waals surface area contributed by atoms with Crippen molar-refractivity contribution in [2.45, 2.75) is 46.1 Å². The minimum atomic E-state index is -0.0391. The van der Waals surface area contributed by atoms with Crippen molar-refractivity contribution < 1.29 is 4.79 Å². The number of amides is 1. The Morgan fingerprint density at radius 2 is 2.20 bits per heavy atom. The lowest BCUT2D eigenvalue weighted by atomic mass is 10.0. The van der Waals surface area contributed by atoms with Crippen LogP contribution in [-0.4, -0.2) is 29.9 Å². The first-order chi connectivity index (χ1) is 7.06. The highest BCUT2D eigenvalue weighted by atomic mass is 16.2. The van der Waals surface area contributed by atoms with Crippen LogP contribution in [0.5, 0.6) is 0 Å². The van der Waals surface area contributed by atoms with Crippen molar-refractivity contribution in [2.75, 3.05) is 13.1 Å². The molecule has 0 bridgehead atoms. The number of likely N-dealkylation sites (tertiary alicyclic amines) is 1. The Labute approximate surface area is 93.0 Å². The molecule has 3 atom stereocenters. The molecule has 0 aliphatic carbocycles. The summed E-state index contributed by atoms with van der Waals surface area (Å²) < 4.78 is 0. The first-order valence-corrected chi connectivity index (χ1v) is 6.10. The predicted octanol–water partition coefficient (Wildman–Crippen LogP) is 1.62. The molecule has 0 saturated carbocycles. The van der Waals surface area contributed by atoms with Crippen LogP contribution in [0.1, 0.15) is 40.0 Å². The van der Waals surface area contributed by atoms with E-state index in [9.17, 15) is 4.79 Å². The van der Waals surface area contributed by atoms with Gasteiger partial charge in [0, 0.05) is 19.1 Å².